The van der Waals surface area contributed by atoms with Gasteiger partial charge in [0.15, 0.2) is 0 Å². The zero-order valence-corrected chi connectivity index (χ0v) is 9.84. The molecule has 0 spiro atoms. The van der Waals surface area contributed by atoms with Crippen LogP contribution >= 0.6 is 11.6 Å². The van der Waals surface area contributed by atoms with Crippen LogP contribution in [0.2, 0.25) is 5.02 Å². The van der Waals surface area contributed by atoms with Crippen LogP contribution < -0.4 is 0 Å². The number of fused-ring (bicyclic) bond motifs is 1. The van der Waals surface area contributed by atoms with Crippen LogP contribution in [0.3, 0.4) is 0 Å². The van der Waals surface area contributed by atoms with Gasteiger partial charge in [0, 0.05) is 5.02 Å². The minimum atomic E-state index is -0.311. The molecule has 0 aliphatic carbocycles. The number of benzene rings is 2. The van der Waals surface area contributed by atoms with Crippen LogP contribution in [-0.2, 0) is 4.74 Å². The zero-order chi connectivity index (χ0) is 11.7. The average Bonchev–Trinajstić information content (AvgIpc) is 2.28. The largest absolute Gasteiger partial charge is 0.465 e. The normalized spacial score (nSPS) is 10.4. The Morgan fingerprint density at radius 1 is 1.25 bits per heavy atom. The predicted molar refractivity (Wildman–Crippen MR) is 65.0 cm³/mol. The number of carbonyl (C=O) groups excluding carboxylic acids is 1. The van der Waals surface area contributed by atoms with E-state index in [2.05, 4.69) is 0 Å². The minimum absolute atomic E-state index is 0.311. The summed E-state index contributed by atoms with van der Waals surface area (Å²) >= 11 is 5.91. The Hall–Kier alpha value is -1.54. The number of hydrogen-bond donors (Lipinski definition) is 0. The number of rotatable bonds is 1. The minimum Gasteiger partial charge on any atom is -0.465 e. The van der Waals surface area contributed by atoms with E-state index >= 15 is 0 Å². The number of halogens is 1. The molecule has 0 aromatic heterocycles. The molecule has 2 rings (SSSR count). The molecule has 0 amide bonds. The smallest absolute Gasteiger partial charge is 0.338 e. The quantitative estimate of drug-likeness (QED) is 0.705. The molecule has 82 valence electrons. The first-order valence-corrected chi connectivity index (χ1v) is 5.28. The fourth-order valence-corrected chi connectivity index (χ4v) is 1.97. The lowest BCUT2D eigenvalue weighted by atomic mass is 10.0. The molecule has 0 saturated carbocycles. The maximum absolute atomic E-state index is 11.5. The van der Waals surface area contributed by atoms with Crippen molar-refractivity contribution in [2.24, 2.45) is 0 Å². The number of aryl methyl sites for hydroxylation is 1. The second-order valence-electron chi connectivity index (χ2n) is 3.60. The SMILES string of the molecule is COC(=O)c1ccc2cc(Cl)ccc2c1C. The highest BCUT2D eigenvalue weighted by molar-refractivity contribution is 6.31. The summed E-state index contributed by atoms with van der Waals surface area (Å²) in [6.45, 7) is 1.91. The standard InChI is InChI=1S/C13H11ClO2/c1-8-11-6-4-10(14)7-9(11)3-5-12(8)13(15)16-2/h3-7H,1-2H3. The van der Waals surface area contributed by atoms with Crippen LogP contribution in [0.1, 0.15) is 15.9 Å². The van der Waals surface area contributed by atoms with E-state index in [1.807, 2.05) is 31.2 Å². The van der Waals surface area contributed by atoms with E-state index in [0.29, 0.717) is 10.6 Å². The Kier molecular flexibility index (Phi) is 2.84. The zero-order valence-electron chi connectivity index (χ0n) is 9.08. The van der Waals surface area contributed by atoms with Crippen molar-refractivity contribution in [2.75, 3.05) is 7.11 Å². The van der Waals surface area contributed by atoms with E-state index in [9.17, 15) is 4.79 Å². The molecule has 0 N–H and O–H groups in total. The molecule has 2 nitrogen and oxygen atoms in total. The average molecular weight is 235 g/mol. The summed E-state index contributed by atoms with van der Waals surface area (Å²) in [7, 11) is 1.38. The van der Waals surface area contributed by atoms with E-state index in [-0.39, 0.29) is 5.97 Å². The third kappa shape index (κ3) is 1.76. The van der Waals surface area contributed by atoms with E-state index in [4.69, 9.17) is 16.3 Å². The van der Waals surface area contributed by atoms with Gasteiger partial charge in [-0.25, -0.2) is 4.79 Å². The van der Waals surface area contributed by atoms with Gasteiger partial charge in [0.05, 0.1) is 12.7 Å². The summed E-state index contributed by atoms with van der Waals surface area (Å²) in [5.41, 5.74) is 1.51. The van der Waals surface area contributed by atoms with Crippen molar-refractivity contribution in [3.05, 3.63) is 46.5 Å². The highest BCUT2D eigenvalue weighted by atomic mass is 35.5. The van der Waals surface area contributed by atoms with Crippen molar-refractivity contribution < 1.29 is 9.53 Å². The Bertz CT molecular complexity index is 561. The topological polar surface area (TPSA) is 26.3 Å². The van der Waals surface area contributed by atoms with Gasteiger partial charge < -0.3 is 4.74 Å². The number of hydrogen-bond acceptors (Lipinski definition) is 2. The van der Waals surface area contributed by atoms with Gasteiger partial charge in [0.2, 0.25) is 0 Å². The molecule has 0 saturated heterocycles. The highest BCUT2D eigenvalue weighted by Crippen LogP contribution is 2.25. The van der Waals surface area contributed by atoms with Crippen molar-refractivity contribution in [1.82, 2.24) is 0 Å². The van der Waals surface area contributed by atoms with Gasteiger partial charge in [0.25, 0.3) is 0 Å². The molecule has 2 aromatic carbocycles. The van der Waals surface area contributed by atoms with Gasteiger partial charge in [-0.3, -0.25) is 0 Å². The third-order valence-corrected chi connectivity index (χ3v) is 2.89. The lowest BCUT2D eigenvalue weighted by Gasteiger charge is -2.07. The summed E-state index contributed by atoms with van der Waals surface area (Å²) in [6, 6.07) is 9.25. The Morgan fingerprint density at radius 2 is 2.00 bits per heavy atom. The number of carbonyl (C=O) groups is 1. The molecule has 16 heavy (non-hydrogen) atoms. The first-order valence-electron chi connectivity index (χ1n) is 4.90. The Morgan fingerprint density at radius 3 is 2.69 bits per heavy atom. The van der Waals surface area contributed by atoms with E-state index in [1.54, 1.807) is 6.07 Å². The predicted octanol–water partition coefficient (Wildman–Crippen LogP) is 3.59. The van der Waals surface area contributed by atoms with Gasteiger partial charge in [-0.15, -0.1) is 0 Å². The number of esters is 1. The van der Waals surface area contributed by atoms with Crippen LogP contribution in [-0.4, -0.2) is 13.1 Å². The molecular weight excluding hydrogens is 224 g/mol. The van der Waals surface area contributed by atoms with Crippen molar-refractivity contribution in [3.63, 3.8) is 0 Å². The number of ether oxygens (including phenoxy) is 1. The van der Waals surface area contributed by atoms with Crippen molar-refractivity contribution >= 4 is 28.3 Å². The lowest BCUT2D eigenvalue weighted by molar-refractivity contribution is 0.0600. The Labute approximate surface area is 98.8 Å². The monoisotopic (exact) mass is 234 g/mol. The molecule has 0 bridgehead atoms. The summed E-state index contributed by atoms with van der Waals surface area (Å²) in [5.74, 6) is -0.311. The molecule has 0 unspecified atom stereocenters. The van der Waals surface area contributed by atoms with Gasteiger partial charge in [-0.2, -0.15) is 0 Å². The van der Waals surface area contributed by atoms with Crippen molar-refractivity contribution in [2.45, 2.75) is 6.92 Å². The molecule has 0 radical (unpaired) electrons. The van der Waals surface area contributed by atoms with Crippen molar-refractivity contribution in [3.8, 4) is 0 Å². The molecule has 0 heterocycles. The van der Waals surface area contributed by atoms with Gasteiger partial charge >= 0.3 is 5.97 Å². The second kappa shape index (κ2) is 4.14. The summed E-state index contributed by atoms with van der Waals surface area (Å²) in [5, 5.41) is 2.74. The van der Waals surface area contributed by atoms with Crippen molar-refractivity contribution in [1.29, 1.82) is 0 Å². The summed E-state index contributed by atoms with van der Waals surface area (Å²) < 4.78 is 4.72. The fourth-order valence-electron chi connectivity index (χ4n) is 1.79. The molecule has 0 atom stereocenters. The Balaban J connectivity index is 2.70. The molecule has 3 heteroatoms. The first kappa shape index (κ1) is 11.0. The van der Waals surface area contributed by atoms with E-state index in [1.165, 1.54) is 7.11 Å². The van der Waals surface area contributed by atoms with Crippen LogP contribution in [0.15, 0.2) is 30.3 Å². The molecular formula is C13H11ClO2. The lowest BCUT2D eigenvalue weighted by Crippen LogP contribution is -2.03. The van der Waals surface area contributed by atoms with Crippen LogP contribution in [0.4, 0.5) is 0 Å². The van der Waals surface area contributed by atoms with Gasteiger partial charge in [0.1, 0.15) is 0 Å². The molecule has 0 aliphatic heterocycles. The van der Waals surface area contributed by atoms with E-state index < -0.39 is 0 Å². The number of methoxy groups -OCH3 is 1. The van der Waals surface area contributed by atoms with Crippen LogP contribution in [0.5, 0.6) is 0 Å². The maximum atomic E-state index is 11.5. The second-order valence-corrected chi connectivity index (χ2v) is 4.03. The molecule has 2 aromatic rings. The van der Waals surface area contributed by atoms with Crippen LogP contribution in [0.25, 0.3) is 10.8 Å². The fraction of sp³-hybridized carbons (Fsp3) is 0.154. The maximum Gasteiger partial charge on any atom is 0.338 e. The van der Waals surface area contributed by atoms with Gasteiger partial charge in [-0.1, -0.05) is 23.7 Å². The van der Waals surface area contributed by atoms with Crippen LogP contribution in [0, 0.1) is 6.92 Å². The summed E-state index contributed by atoms with van der Waals surface area (Å²) in [4.78, 5) is 11.5. The molecule has 0 fully saturated rings. The van der Waals surface area contributed by atoms with Gasteiger partial charge in [-0.05, 0) is 41.5 Å². The highest BCUT2D eigenvalue weighted by Gasteiger charge is 2.11. The molecule has 0 aliphatic rings. The van der Waals surface area contributed by atoms with E-state index in [0.717, 1.165) is 16.3 Å². The first-order chi connectivity index (χ1) is 7.63. The summed E-state index contributed by atoms with van der Waals surface area (Å²) in [6.07, 6.45) is 0. The third-order valence-electron chi connectivity index (χ3n) is 2.66.